The maximum atomic E-state index is 14.6. The van der Waals surface area contributed by atoms with Crippen molar-refractivity contribution in [2.45, 2.75) is 49.3 Å². The summed E-state index contributed by atoms with van der Waals surface area (Å²) in [6, 6.07) is 5.90. The Bertz CT molecular complexity index is 1590. The van der Waals surface area contributed by atoms with Crippen molar-refractivity contribution in [1.29, 1.82) is 0 Å². The molecule has 1 amide bonds. The second-order valence-electron chi connectivity index (χ2n) is 11.4. The fourth-order valence-electron chi connectivity index (χ4n) is 5.91. The highest BCUT2D eigenvalue weighted by Crippen LogP contribution is 2.54. The summed E-state index contributed by atoms with van der Waals surface area (Å²) in [5, 5.41) is 12.1. The molecule has 3 fully saturated rings. The first kappa shape index (κ1) is 27.8. The molecule has 41 heavy (non-hydrogen) atoms. The van der Waals surface area contributed by atoms with Crippen molar-refractivity contribution in [3.05, 3.63) is 48.2 Å². The van der Waals surface area contributed by atoms with Crippen LogP contribution in [0.4, 0.5) is 30.2 Å². The third kappa shape index (κ3) is 5.49. The van der Waals surface area contributed by atoms with Crippen molar-refractivity contribution in [3.63, 3.8) is 0 Å². The van der Waals surface area contributed by atoms with E-state index in [-0.39, 0.29) is 47.7 Å². The molecule has 1 saturated carbocycles. The molecule has 1 aromatic carbocycles. The molecule has 2 N–H and O–H groups in total. The smallest absolute Gasteiger partial charge is 0.257 e. The number of hydrogen-bond acceptors (Lipinski definition) is 7. The van der Waals surface area contributed by atoms with E-state index in [0.29, 0.717) is 29.9 Å². The summed E-state index contributed by atoms with van der Waals surface area (Å²) in [7, 11) is -3.75. The molecule has 1 aliphatic carbocycles. The number of nitrogens with one attached hydrogen (secondary N) is 1. The first-order valence-corrected chi connectivity index (χ1v) is 15.5. The Labute approximate surface area is 235 Å². The molecule has 6 rings (SSSR count). The average Bonchev–Trinajstić information content (AvgIpc) is 3.59. The van der Waals surface area contributed by atoms with Crippen molar-refractivity contribution in [3.8, 4) is 0 Å². The first-order valence-electron chi connectivity index (χ1n) is 13.8. The number of carbonyl (C=O) groups excluding carboxylic acids is 1. The fraction of sp³-hybridized carbons (Fsp3) is 0.500. The van der Waals surface area contributed by atoms with Crippen LogP contribution >= 0.6 is 0 Å². The normalized spacial score (nSPS) is 20.0. The molecule has 0 radical (unpaired) electrons. The zero-order chi connectivity index (χ0) is 29.0. The number of hydrogen-bond donors (Lipinski definition) is 2. The summed E-state index contributed by atoms with van der Waals surface area (Å²) in [4.78, 5) is 21.5. The molecule has 0 bridgehead atoms. The highest BCUT2D eigenvalue weighted by atomic mass is 32.2. The van der Waals surface area contributed by atoms with Crippen LogP contribution < -0.4 is 15.1 Å². The monoisotopic (exact) mass is 591 g/mol. The zero-order valence-corrected chi connectivity index (χ0v) is 23.3. The van der Waals surface area contributed by atoms with E-state index < -0.39 is 40.0 Å². The molecule has 9 nitrogen and oxygen atoms in total. The number of aliphatic hydroxyl groups excluding tert-OH is 1. The third-order valence-corrected chi connectivity index (χ3v) is 10.4. The van der Waals surface area contributed by atoms with Crippen molar-refractivity contribution >= 4 is 38.5 Å². The van der Waals surface area contributed by atoms with Gasteiger partial charge in [0.15, 0.2) is 15.5 Å². The summed E-state index contributed by atoms with van der Waals surface area (Å²) < 4.78 is 68.9. The Morgan fingerprint density at radius 3 is 2.29 bits per heavy atom. The van der Waals surface area contributed by atoms with Gasteiger partial charge in [-0.25, -0.2) is 22.2 Å². The summed E-state index contributed by atoms with van der Waals surface area (Å²) in [5.41, 5.74) is 2.02. The Kier molecular flexibility index (Phi) is 6.92. The van der Waals surface area contributed by atoms with E-state index in [4.69, 9.17) is 0 Å². The minimum absolute atomic E-state index is 0.0240. The van der Waals surface area contributed by atoms with Crippen LogP contribution in [0.15, 0.2) is 41.6 Å². The lowest BCUT2D eigenvalue weighted by molar-refractivity contribution is -0.0220. The van der Waals surface area contributed by atoms with Gasteiger partial charge in [-0.15, -0.1) is 0 Å². The van der Waals surface area contributed by atoms with Gasteiger partial charge < -0.3 is 20.2 Å². The maximum Gasteiger partial charge on any atom is 0.257 e. The molecule has 3 aromatic rings. The molecule has 4 heterocycles. The highest BCUT2D eigenvalue weighted by Gasteiger charge is 2.44. The van der Waals surface area contributed by atoms with Crippen molar-refractivity contribution in [2.75, 3.05) is 53.7 Å². The third-order valence-electron chi connectivity index (χ3n) is 8.69. The molecule has 2 saturated heterocycles. The van der Waals surface area contributed by atoms with Gasteiger partial charge in [-0.3, -0.25) is 9.20 Å². The largest absolute Gasteiger partial charge is 0.395 e. The number of imidazole rings is 1. The number of pyridine rings is 1. The molecular formula is C28H32F3N5O4S. The SMILES string of the molecule is O=C(Nc1cc(N2CCC(F)(F)CC2)c2ncc(F)n2c1)c1ccc(S(=O)(=O)CCO)cc1N1CCC2(CC1)CC2. The van der Waals surface area contributed by atoms with Crippen molar-refractivity contribution < 1.29 is 31.5 Å². The van der Waals surface area contributed by atoms with E-state index in [0.717, 1.165) is 19.0 Å². The quantitative estimate of drug-likeness (QED) is 0.426. The second kappa shape index (κ2) is 10.2. The van der Waals surface area contributed by atoms with Gasteiger partial charge in [-0.2, -0.15) is 4.39 Å². The average molecular weight is 592 g/mol. The van der Waals surface area contributed by atoms with E-state index in [1.54, 1.807) is 11.0 Å². The van der Waals surface area contributed by atoms with Crippen LogP contribution in [0.25, 0.3) is 5.65 Å². The van der Waals surface area contributed by atoms with Crippen LogP contribution in [-0.2, 0) is 9.84 Å². The molecule has 0 atom stereocenters. The van der Waals surface area contributed by atoms with E-state index in [2.05, 4.69) is 10.3 Å². The number of alkyl halides is 2. The number of carbonyl (C=O) groups is 1. The fourth-order valence-corrected chi connectivity index (χ4v) is 6.95. The number of amides is 1. The number of sulfone groups is 1. The van der Waals surface area contributed by atoms with Crippen LogP contribution in [0, 0.1) is 11.4 Å². The van der Waals surface area contributed by atoms with Gasteiger partial charge in [0.25, 0.3) is 11.8 Å². The lowest BCUT2D eigenvalue weighted by Crippen LogP contribution is -2.39. The van der Waals surface area contributed by atoms with Gasteiger partial charge in [0.05, 0.1) is 46.1 Å². The minimum Gasteiger partial charge on any atom is -0.395 e. The molecular weight excluding hydrogens is 559 g/mol. The molecule has 2 aliphatic heterocycles. The summed E-state index contributed by atoms with van der Waals surface area (Å²) in [5.74, 6) is -4.38. The summed E-state index contributed by atoms with van der Waals surface area (Å²) >= 11 is 0. The molecule has 13 heteroatoms. The van der Waals surface area contributed by atoms with Crippen molar-refractivity contribution in [1.82, 2.24) is 9.38 Å². The molecule has 0 unspecified atom stereocenters. The molecule has 2 aromatic heterocycles. The Balaban J connectivity index is 1.33. The first-order chi connectivity index (χ1) is 19.5. The predicted octanol–water partition coefficient (Wildman–Crippen LogP) is 4.11. The highest BCUT2D eigenvalue weighted by molar-refractivity contribution is 7.91. The molecule has 220 valence electrons. The van der Waals surface area contributed by atoms with Gasteiger partial charge in [0.1, 0.15) is 0 Å². The van der Waals surface area contributed by atoms with E-state index >= 15 is 0 Å². The molecule has 3 aliphatic rings. The van der Waals surface area contributed by atoms with Crippen LogP contribution in [0.5, 0.6) is 0 Å². The van der Waals surface area contributed by atoms with Gasteiger partial charge in [0, 0.05) is 45.2 Å². The summed E-state index contributed by atoms with van der Waals surface area (Å²) in [6.45, 7) is 0.952. The second-order valence-corrected chi connectivity index (χ2v) is 13.5. The summed E-state index contributed by atoms with van der Waals surface area (Å²) in [6.07, 6.45) is 6.01. The number of aliphatic hydroxyl groups is 1. The number of benzene rings is 1. The van der Waals surface area contributed by atoms with Crippen LogP contribution in [-0.4, -0.2) is 73.3 Å². The van der Waals surface area contributed by atoms with Crippen LogP contribution in [0.2, 0.25) is 0 Å². The Morgan fingerprint density at radius 1 is 0.976 bits per heavy atom. The number of aromatic nitrogens is 2. The number of nitrogens with zero attached hydrogens (tertiary/aromatic N) is 4. The van der Waals surface area contributed by atoms with Gasteiger partial charge in [-0.05, 0) is 55.4 Å². The van der Waals surface area contributed by atoms with Crippen LogP contribution in [0.3, 0.4) is 0 Å². The minimum atomic E-state index is -3.75. The van der Waals surface area contributed by atoms with E-state index in [1.165, 1.54) is 41.6 Å². The van der Waals surface area contributed by atoms with E-state index in [9.17, 15) is 31.5 Å². The maximum absolute atomic E-state index is 14.6. The van der Waals surface area contributed by atoms with Gasteiger partial charge in [-0.1, -0.05) is 0 Å². The number of halogens is 3. The number of anilines is 3. The number of piperidine rings is 2. The van der Waals surface area contributed by atoms with Gasteiger partial charge in [0.2, 0.25) is 5.95 Å². The van der Waals surface area contributed by atoms with Crippen LogP contribution in [0.1, 0.15) is 48.9 Å². The van der Waals surface area contributed by atoms with Gasteiger partial charge >= 0.3 is 0 Å². The number of fused-ring (bicyclic) bond motifs is 1. The molecule has 1 spiro atoms. The van der Waals surface area contributed by atoms with E-state index in [1.807, 2.05) is 4.90 Å². The topological polar surface area (TPSA) is 107 Å². The standard InChI is InChI=1S/C28H32F3N5O4S/c29-24-17-32-25-23(35-11-7-28(30,31)8-12-35)15-19(18-36(24)25)33-26(38)21-2-1-20(41(39,40)14-13-37)16-22(21)34-9-5-27(3-4-27)6-10-34/h1-2,15-18,37H,3-14H2,(H,33,38). The number of rotatable bonds is 7. The zero-order valence-electron chi connectivity index (χ0n) is 22.5. The lowest BCUT2D eigenvalue weighted by atomic mass is 9.93. The predicted molar refractivity (Wildman–Crippen MR) is 148 cm³/mol. The Morgan fingerprint density at radius 2 is 1.63 bits per heavy atom. The van der Waals surface area contributed by atoms with Crippen molar-refractivity contribution in [2.24, 2.45) is 5.41 Å². The lowest BCUT2D eigenvalue weighted by Gasteiger charge is -2.35. The Hall–Kier alpha value is -3.32.